The summed E-state index contributed by atoms with van der Waals surface area (Å²) in [5.74, 6) is 0.182. The molecule has 1 unspecified atom stereocenters. The van der Waals surface area contributed by atoms with Gasteiger partial charge in [-0.05, 0) is 42.5 Å². The highest BCUT2D eigenvalue weighted by Crippen LogP contribution is 2.23. The summed E-state index contributed by atoms with van der Waals surface area (Å²) in [5, 5.41) is 1.99. The van der Waals surface area contributed by atoms with Crippen molar-refractivity contribution in [3.63, 3.8) is 0 Å². The van der Waals surface area contributed by atoms with Crippen LogP contribution in [-0.4, -0.2) is 46.9 Å². The maximum absolute atomic E-state index is 12.5. The predicted octanol–water partition coefficient (Wildman–Crippen LogP) is 2.97. The second-order valence-corrected chi connectivity index (χ2v) is 6.64. The molecule has 1 atom stereocenters. The molecule has 0 aromatic carbocycles. The van der Waals surface area contributed by atoms with Gasteiger partial charge in [-0.15, -0.1) is 11.3 Å². The molecule has 1 aliphatic heterocycles. The average Bonchev–Trinajstić information content (AvgIpc) is 3.00. The number of nitrogens with zero attached hydrogens (tertiary/aromatic N) is 3. The monoisotopic (exact) mass is 315 g/mol. The Balaban J connectivity index is 1.61. The van der Waals surface area contributed by atoms with Gasteiger partial charge in [-0.25, -0.2) is 0 Å². The molecule has 0 radical (unpaired) electrons. The van der Waals surface area contributed by atoms with Crippen LogP contribution in [0.2, 0.25) is 0 Å². The fourth-order valence-corrected chi connectivity index (χ4v) is 3.77. The molecule has 22 heavy (non-hydrogen) atoms. The normalized spacial score (nSPS) is 17.5. The molecule has 2 aromatic heterocycles. The molecule has 0 N–H and O–H groups in total. The molecule has 5 heteroatoms. The van der Waals surface area contributed by atoms with E-state index in [1.165, 1.54) is 5.56 Å². The molecule has 0 bridgehead atoms. The second-order valence-electron chi connectivity index (χ2n) is 5.72. The second kappa shape index (κ2) is 6.58. The van der Waals surface area contributed by atoms with Crippen LogP contribution >= 0.6 is 11.3 Å². The van der Waals surface area contributed by atoms with E-state index in [4.69, 9.17) is 0 Å². The van der Waals surface area contributed by atoms with Gasteiger partial charge in [-0.1, -0.05) is 6.07 Å². The number of piperazine rings is 1. The van der Waals surface area contributed by atoms with Gasteiger partial charge in [-0.2, -0.15) is 0 Å². The van der Waals surface area contributed by atoms with Crippen molar-refractivity contribution in [2.45, 2.75) is 19.9 Å². The van der Waals surface area contributed by atoms with Gasteiger partial charge < -0.3 is 4.90 Å². The van der Waals surface area contributed by atoms with Crippen LogP contribution in [0.5, 0.6) is 0 Å². The van der Waals surface area contributed by atoms with Gasteiger partial charge >= 0.3 is 0 Å². The maximum Gasteiger partial charge on any atom is 0.264 e. The minimum Gasteiger partial charge on any atom is -0.335 e. The SMILES string of the molecule is Cc1ccsc1C(=O)N1CCN(C(C)c2cccnc2)CC1. The van der Waals surface area contributed by atoms with E-state index in [1.54, 1.807) is 17.5 Å². The summed E-state index contributed by atoms with van der Waals surface area (Å²) in [6.07, 6.45) is 3.73. The van der Waals surface area contributed by atoms with E-state index in [1.807, 2.05) is 35.5 Å². The predicted molar refractivity (Wildman–Crippen MR) is 89.2 cm³/mol. The summed E-state index contributed by atoms with van der Waals surface area (Å²) in [5.41, 5.74) is 2.32. The zero-order valence-corrected chi connectivity index (χ0v) is 13.8. The third-order valence-corrected chi connectivity index (χ3v) is 5.38. The summed E-state index contributed by atoms with van der Waals surface area (Å²) in [7, 11) is 0. The standard InChI is InChI=1S/C17H21N3OS/c1-13-5-11-22-16(13)17(21)20-9-7-19(8-10-20)14(2)15-4-3-6-18-12-15/h3-6,11-12,14H,7-10H2,1-2H3. The largest absolute Gasteiger partial charge is 0.335 e. The first kappa shape index (κ1) is 15.2. The fraction of sp³-hybridized carbons (Fsp3) is 0.412. The maximum atomic E-state index is 12.5. The van der Waals surface area contributed by atoms with E-state index >= 15 is 0 Å². The molecule has 1 amide bonds. The Morgan fingerprint density at radius 1 is 1.27 bits per heavy atom. The van der Waals surface area contributed by atoms with E-state index in [-0.39, 0.29) is 5.91 Å². The fourth-order valence-electron chi connectivity index (χ4n) is 2.88. The Hall–Kier alpha value is -1.72. The van der Waals surface area contributed by atoms with Crippen LogP contribution < -0.4 is 0 Å². The van der Waals surface area contributed by atoms with Crippen molar-refractivity contribution >= 4 is 17.2 Å². The summed E-state index contributed by atoms with van der Waals surface area (Å²) < 4.78 is 0. The number of carbonyl (C=O) groups is 1. The quantitative estimate of drug-likeness (QED) is 0.874. The van der Waals surface area contributed by atoms with Crippen LogP contribution in [0.4, 0.5) is 0 Å². The van der Waals surface area contributed by atoms with Gasteiger partial charge in [0.1, 0.15) is 0 Å². The number of rotatable bonds is 3. The first-order chi connectivity index (χ1) is 10.7. The number of amides is 1. The summed E-state index contributed by atoms with van der Waals surface area (Å²) >= 11 is 1.54. The number of aromatic nitrogens is 1. The van der Waals surface area contributed by atoms with E-state index in [0.29, 0.717) is 6.04 Å². The van der Waals surface area contributed by atoms with Crippen molar-refractivity contribution in [1.29, 1.82) is 0 Å². The lowest BCUT2D eigenvalue weighted by atomic mass is 10.1. The van der Waals surface area contributed by atoms with Crippen LogP contribution in [0.3, 0.4) is 0 Å². The van der Waals surface area contributed by atoms with Gasteiger partial charge in [0.25, 0.3) is 5.91 Å². The van der Waals surface area contributed by atoms with E-state index in [9.17, 15) is 4.79 Å². The molecule has 0 saturated carbocycles. The van der Waals surface area contributed by atoms with Crippen LogP contribution in [0.25, 0.3) is 0 Å². The van der Waals surface area contributed by atoms with Crippen molar-refractivity contribution in [2.24, 2.45) is 0 Å². The van der Waals surface area contributed by atoms with Gasteiger partial charge in [0.15, 0.2) is 0 Å². The van der Waals surface area contributed by atoms with Crippen molar-refractivity contribution in [3.05, 3.63) is 52.0 Å². The Morgan fingerprint density at radius 2 is 2.05 bits per heavy atom. The van der Waals surface area contributed by atoms with Crippen molar-refractivity contribution < 1.29 is 4.79 Å². The summed E-state index contributed by atoms with van der Waals surface area (Å²) in [4.78, 5) is 22.0. The summed E-state index contributed by atoms with van der Waals surface area (Å²) in [6.45, 7) is 7.61. The van der Waals surface area contributed by atoms with Gasteiger partial charge in [-0.3, -0.25) is 14.7 Å². The molecule has 3 heterocycles. The highest BCUT2D eigenvalue weighted by molar-refractivity contribution is 7.12. The third-order valence-electron chi connectivity index (χ3n) is 4.37. The third kappa shape index (κ3) is 3.05. The number of hydrogen-bond acceptors (Lipinski definition) is 4. The Bertz CT molecular complexity index is 632. The van der Waals surface area contributed by atoms with Gasteiger partial charge in [0, 0.05) is 44.6 Å². The lowest BCUT2D eigenvalue weighted by Gasteiger charge is -2.38. The molecule has 1 fully saturated rings. The Kier molecular flexibility index (Phi) is 4.55. The van der Waals surface area contributed by atoms with Crippen LogP contribution in [0, 0.1) is 6.92 Å². The Labute approximate surface area is 135 Å². The summed E-state index contributed by atoms with van der Waals surface area (Å²) in [6, 6.07) is 6.45. The first-order valence-electron chi connectivity index (χ1n) is 7.64. The number of pyridine rings is 1. The molecule has 0 aliphatic carbocycles. The molecule has 2 aromatic rings. The van der Waals surface area contributed by atoms with Crippen LogP contribution in [0.15, 0.2) is 36.0 Å². The van der Waals surface area contributed by atoms with Crippen molar-refractivity contribution in [2.75, 3.05) is 26.2 Å². The minimum absolute atomic E-state index is 0.182. The Morgan fingerprint density at radius 3 is 2.64 bits per heavy atom. The smallest absolute Gasteiger partial charge is 0.264 e. The minimum atomic E-state index is 0.182. The van der Waals surface area contributed by atoms with Crippen molar-refractivity contribution in [1.82, 2.24) is 14.8 Å². The van der Waals surface area contributed by atoms with Crippen molar-refractivity contribution in [3.8, 4) is 0 Å². The molecule has 4 nitrogen and oxygen atoms in total. The van der Waals surface area contributed by atoms with E-state index in [2.05, 4.69) is 22.9 Å². The molecule has 1 aliphatic rings. The first-order valence-corrected chi connectivity index (χ1v) is 8.52. The molecular weight excluding hydrogens is 294 g/mol. The number of carbonyl (C=O) groups excluding carboxylic acids is 1. The number of hydrogen-bond donors (Lipinski definition) is 0. The lowest BCUT2D eigenvalue weighted by molar-refractivity contribution is 0.0586. The van der Waals surface area contributed by atoms with E-state index < -0.39 is 0 Å². The zero-order chi connectivity index (χ0) is 15.5. The van der Waals surface area contributed by atoms with Gasteiger partial charge in [0.2, 0.25) is 0 Å². The molecule has 1 saturated heterocycles. The molecular formula is C17H21N3OS. The molecule has 3 rings (SSSR count). The molecule has 116 valence electrons. The average molecular weight is 315 g/mol. The highest BCUT2D eigenvalue weighted by Gasteiger charge is 2.26. The zero-order valence-electron chi connectivity index (χ0n) is 13.0. The highest BCUT2D eigenvalue weighted by atomic mass is 32.1. The topological polar surface area (TPSA) is 36.4 Å². The number of aryl methyl sites for hydroxylation is 1. The van der Waals surface area contributed by atoms with Crippen LogP contribution in [-0.2, 0) is 0 Å². The molecule has 0 spiro atoms. The number of thiophene rings is 1. The lowest BCUT2D eigenvalue weighted by Crippen LogP contribution is -2.49. The van der Waals surface area contributed by atoms with Gasteiger partial charge in [0.05, 0.1) is 4.88 Å². The van der Waals surface area contributed by atoms with Crippen LogP contribution in [0.1, 0.15) is 33.8 Å². The van der Waals surface area contributed by atoms with E-state index in [0.717, 1.165) is 36.6 Å².